The average molecular weight is 488 g/mol. The molecule has 2 heterocycles. The molecule has 0 fully saturated rings. The molecule has 0 atom stereocenters. The number of carbonyl (C=O) groups is 2. The Hall–Kier alpha value is -4.40. The van der Waals surface area contributed by atoms with Gasteiger partial charge in [0.1, 0.15) is 16.7 Å². The van der Waals surface area contributed by atoms with Gasteiger partial charge in [-0.2, -0.15) is 4.80 Å². The van der Waals surface area contributed by atoms with Crippen molar-refractivity contribution in [2.45, 2.75) is 20.8 Å². The highest BCUT2D eigenvalue weighted by molar-refractivity contribution is 6.05. The molecule has 4 rings (SSSR count). The number of hydrogen-bond acceptors (Lipinski definition) is 8. The number of rotatable bonds is 7. The Bertz CT molecular complexity index is 1380. The number of methoxy groups -OCH3 is 2. The quantitative estimate of drug-likeness (QED) is 0.461. The zero-order valence-electron chi connectivity index (χ0n) is 21.1. The zero-order valence-corrected chi connectivity index (χ0v) is 21.1. The highest BCUT2D eigenvalue weighted by Gasteiger charge is 2.28. The summed E-state index contributed by atoms with van der Waals surface area (Å²) in [6, 6.07) is 11.8. The molecule has 0 radical (unpaired) electrons. The molecule has 0 N–H and O–H groups in total. The lowest BCUT2D eigenvalue weighted by atomic mass is 10.1. The van der Waals surface area contributed by atoms with Gasteiger partial charge in [-0.3, -0.25) is 0 Å². The number of carbonyl (C=O) groups excluding carboxylic acids is 2. The van der Waals surface area contributed by atoms with Crippen LogP contribution in [0.15, 0.2) is 72.1 Å². The third-order valence-corrected chi connectivity index (χ3v) is 6.06. The normalized spacial score (nSPS) is 13.2. The summed E-state index contributed by atoms with van der Waals surface area (Å²) in [7, 11) is 2.54. The van der Waals surface area contributed by atoms with Crippen molar-refractivity contribution in [3.8, 4) is 5.69 Å². The summed E-state index contributed by atoms with van der Waals surface area (Å²) < 4.78 is 9.91. The van der Waals surface area contributed by atoms with Gasteiger partial charge < -0.3 is 19.3 Å². The Morgan fingerprint density at radius 2 is 1.56 bits per heavy atom. The van der Waals surface area contributed by atoms with E-state index in [0.717, 1.165) is 30.0 Å². The van der Waals surface area contributed by atoms with Crippen LogP contribution in [0.5, 0.6) is 0 Å². The maximum atomic E-state index is 12.8. The van der Waals surface area contributed by atoms with Crippen LogP contribution in [0, 0.1) is 6.92 Å². The first kappa shape index (κ1) is 24.7. The highest BCUT2D eigenvalue weighted by Crippen LogP contribution is 2.31. The third-order valence-electron chi connectivity index (χ3n) is 6.06. The van der Waals surface area contributed by atoms with Gasteiger partial charge >= 0.3 is 11.9 Å². The molecular weight excluding hydrogens is 458 g/mol. The predicted molar refractivity (Wildman–Crippen MR) is 139 cm³/mol. The van der Waals surface area contributed by atoms with E-state index in [9.17, 15) is 9.59 Å². The minimum Gasteiger partial charge on any atom is -0.465 e. The molecule has 1 aliphatic heterocycles. The number of allylic oxidation sites excluding steroid dienone is 2. The lowest BCUT2D eigenvalue weighted by Gasteiger charge is -2.24. The van der Waals surface area contributed by atoms with E-state index in [1.807, 2.05) is 31.2 Å². The fourth-order valence-electron chi connectivity index (χ4n) is 4.17. The highest BCUT2D eigenvalue weighted by atomic mass is 16.5. The molecule has 0 unspecified atom stereocenters. The lowest BCUT2D eigenvalue weighted by Crippen LogP contribution is -2.27. The average Bonchev–Trinajstić information content (AvgIpc) is 3.18. The summed E-state index contributed by atoms with van der Waals surface area (Å²) in [5.41, 5.74) is 4.96. The SMILES string of the molecule is CCN(CC)c1ccc(-n2nc3cc(C)c(N4C=CC=CC(C(=O)OC)=C4C(=O)OC)cc3n2)cc1. The molecule has 1 aromatic heterocycles. The molecular formula is C27H29N5O4. The number of anilines is 2. The Balaban J connectivity index is 1.78. The van der Waals surface area contributed by atoms with Crippen molar-refractivity contribution in [2.24, 2.45) is 0 Å². The van der Waals surface area contributed by atoms with E-state index < -0.39 is 11.9 Å². The number of aryl methyl sites for hydroxylation is 1. The van der Waals surface area contributed by atoms with Gasteiger partial charge in [-0.25, -0.2) is 9.59 Å². The number of hydrogen-bond donors (Lipinski definition) is 0. The maximum absolute atomic E-state index is 12.8. The molecule has 0 spiro atoms. The van der Waals surface area contributed by atoms with Gasteiger partial charge in [0.2, 0.25) is 0 Å². The first-order chi connectivity index (χ1) is 17.4. The molecule has 9 heteroatoms. The van der Waals surface area contributed by atoms with Crippen molar-refractivity contribution in [1.82, 2.24) is 15.0 Å². The van der Waals surface area contributed by atoms with Crippen molar-refractivity contribution >= 4 is 34.3 Å². The number of benzene rings is 2. The largest absolute Gasteiger partial charge is 0.465 e. The second-order valence-corrected chi connectivity index (χ2v) is 8.12. The van der Waals surface area contributed by atoms with E-state index in [1.165, 1.54) is 20.3 Å². The topological polar surface area (TPSA) is 89.8 Å². The number of nitrogens with zero attached hydrogens (tertiary/aromatic N) is 5. The predicted octanol–water partition coefficient (Wildman–Crippen LogP) is 4.07. The van der Waals surface area contributed by atoms with E-state index in [1.54, 1.807) is 28.0 Å². The van der Waals surface area contributed by atoms with Crippen molar-refractivity contribution < 1.29 is 19.1 Å². The van der Waals surface area contributed by atoms with Crippen LogP contribution in [0.25, 0.3) is 16.7 Å². The Kier molecular flexibility index (Phi) is 7.19. The summed E-state index contributed by atoms with van der Waals surface area (Å²) in [4.78, 5) is 30.7. The summed E-state index contributed by atoms with van der Waals surface area (Å²) in [6.45, 7) is 8.03. The summed E-state index contributed by atoms with van der Waals surface area (Å²) >= 11 is 0. The number of aromatic nitrogens is 3. The Morgan fingerprint density at radius 3 is 2.17 bits per heavy atom. The first-order valence-corrected chi connectivity index (χ1v) is 11.7. The summed E-state index contributed by atoms with van der Waals surface area (Å²) in [5, 5.41) is 9.34. The van der Waals surface area contributed by atoms with Gasteiger partial charge in [-0.1, -0.05) is 6.08 Å². The van der Waals surface area contributed by atoms with E-state index in [-0.39, 0.29) is 11.3 Å². The second kappa shape index (κ2) is 10.5. The third kappa shape index (κ3) is 4.59. The van der Waals surface area contributed by atoms with E-state index >= 15 is 0 Å². The van der Waals surface area contributed by atoms with Crippen LogP contribution >= 0.6 is 0 Å². The van der Waals surface area contributed by atoms with E-state index in [4.69, 9.17) is 9.47 Å². The standard InChI is InChI=1S/C27H29N5O4/c1-6-30(7-2)19-11-13-20(14-12-19)32-28-22-16-18(3)24(17-23(22)29-32)31-15-9-8-10-21(26(33)35-4)25(31)27(34)36-5/h8-17H,6-7H2,1-5H3. The molecule has 0 amide bonds. The van der Waals surface area contributed by atoms with Crippen LogP contribution in [0.4, 0.5) is 11.4 Å². The summed E-state index contributed by atoms with van der Waals surface area (Å²) in [5.74, 6) is -1.30. The van der Waals surface area contributed by atoms with E-state index in [0.29, 0.717) is 16.7 Å². The van der Waals surface area contributed by atoms with Gasteiger partial charge in [0, 0.05) is 25.0 Å². The molecule has 0 saturated carbocycles. The van der Waals surface area contributed by atoms with Gasteiger partial charge in [-0.05, 0) is 74.9 Å². The molecule has 2 aromatic carbocycles. The summed E-state index contributed by atoms with van der Waals surface area (Å²) in [6.07, 6.45) is 6.63. The molecule has 0 saturated heterocycles. The van der Waals surface area contributed by atoms with E-state index in [2.05, 4.69) is 41.1 Å². The lowest BCUT2D eigenvalue weighted by molar-refractivity contribution is -0.139. The van der Waals surface area contributed by atoms with Crippen LogP contribution in [-0.2, 0) is 19.1 Å². The minimum atomic E-state index is -0.664. The van der Waals surface area contributed by atoms with Gasteiger partial charge in [0.15, 0.2) is 0 Å². The fourth-order valence-corrected chi connectivity index (χ4v) is 4.17. The molecule has 186 valence electrons. The Morgan fingerprint density at radius 1 is 0.917 bits per heavy atom. The van der Waals surface area contributed by atoms with Crippen molar-refractivity contribution in [3.63, 3.8) is 0 Å². The zero-order chi connectivity index (χ0) is 25.8. The molecule has 36 heavy (non-hydrogen) atoms. The monoisotopic (exact) mass is 487 g/mol. The maximum Gasteiger partial charge on any atom is 0.355 e. The van der Waals surface area contributed by atoms with Crippen molar-refractivity contribution in [1.29, 1.82) is 0 Å². The molecule has 0 bridgehead atoms. The van der Waals surface area contributed by atoms with Crippen LogP contribution < -0.4 is 9.80 Å². The van der Waals surface area contributed by atoms with Crippen LogP contribution in [0.2, 0.25) is 0 Å². The second-order valence-electron chi connectivity index (χ2n) is 8.12. The van der Waals surface area contributed by atoms with Gasteiger partial charge in [0.25, 0.3) is 0 Å². The smallest absolute Gasteiger partial charge is 0.355 e. The van der Waals surface area contributed by atoms with Gasteiger partial charge in [0.05, 0.1) is 31.2 Å². The Labute approximate surface area is 209 Å². The van der Waals surface area contributed by atoms with Gasteiger partial charge in [-0.15, -0.1) is 10.2 Å². The fraction of sp³-hybridized carbons (Fsp3) is 0.259. The molecule has 1 aliphatic rings. The van der Waals surface area contributed by atoms with Crippen LogP contribution in [0.3, 0.4) is 0 Å². The minimum absolute atomic E-state index is 0.0520. The van der Waals surface area contributed by atoms with Crippen molar-refractivity contribution in [3.05, 3.63) is 77.7 Å². The van der Waals surface area contributed by atoms with Crippen molar-refractivity contribution in [2.75, 3.05) is 37.1 Å². The molecule has 3 aromatic rings. The molecule has 0 aliphatic carbocycles. The van der Waals surface area contributed by atoms with Crippen LogP contribution in [-0.4, -0.2) is 54.2 Å². The number of esters is 2. The number of fused-ring (bicyclic) bond motifs is 1. The molecule has 9 nitrogen and oxygen atoms in total. The number of ether oxygens (including phenoxy) is 2. The first-order valence-electron chi connectivity index (χ1n) is 11.7. The van der Waals surface area contributed by atoms with Crippen LogP contribution in [0.1, 0.15) is 19.4 Å².